The van der Waals surface area contributed by atoms with Gasteiger partial charge in [-0.25, -0.2) is 0 Å². The monoisotopic (exact) mass is 901 g/mol. The molecule has 0 fully saturated rings. The molecule has 0 saturated carbocycles. The number of rotatable bonds is 52. The summed E-state index contributed by atoms with van der Waals surface area (Å²) >= 11 is 0. The Labute approximate surface area is 398 Å². The van der Waals surface area contributed by atoms with Crippen LogP contribution >= 0.6 is 0 Å². The van der Waals surface area contributed by atoms with E-state index < -0.39 is 6.10 Å². The molecule has 6 heteroatoms. The molecule has 0 rings (SSSR count). The summed E-state index contributed by atoms with van der Waals surface area (Å²) in [4.78, 5) is 38.0. The fourth-order valence-electron chi connectivity index (χ4n) is 8.37. The number of carbonyl (C=O) groups is 3. The van der Waals surface area contributed by atoms with Crippen LogP contribution in [0.3, 0.4) is 0 Å². The molecular formula is C58H108O6. The van der Waals surface area contributed by atoms with Crippen LogP contribution in [0.25, 0.3) is 0 Å². The van der Waals surface area contributed by atoms with Crippen molar-refractivity contribution in [3.63, 3.8) is 0 Å². The van der Waals surface area contributed by atoms with Crippen LogP contribution in [-0.2, 0) is 28.6 Å². The molecule has 0 radical (unpaired) electrons. The molecule has 0 aromatic carbocycles. The lowest BCUT2D eigenvalue weighted by molar-refractivity contribution is -0.167. The van der Waals surface area contributed by atoms with E-state index in [1.165, 1.54) is 212 Å². The van der Waals surface area contributed by atoms with Crippen molar-refractivity contribution in [2.45, 2.75) is 316 Å². The van der Waals surface area contributed by atoms with E-state index in [1.54, 1.807) is 0 Å². The van der Waals surface area contributed by atoms with Crippen LogP contribution in [0.2, 0.25) is 0 Å². The molecule has 0 heterocycles. The fourth-order valence-corrected chi connectivity index (χ4v) is 8.37. The van der Waals surface area contributed by atoms with Crippen molar-refractivity contribution in [3.8, 4) is 0 Å². The van der Waals surface area contributed by atoms with Crippen LogP contribution in [0.4, 0.5) is 0 Å². The van der Waals surface area contributed by atoms with Gasteiger partial charge >= 0.3 is 17.9 Å². The first kappa shape index (κ1) is 61.9. The number of ether oxygens (including phenoxy) is 3. The average Bonchev–Trinajstić information content (AvgIpc) is 3.29. The van der Waals surface area contributed by atoms with Gasteiger partial charge in [0, 0.05) is 19.3 Å². The molecule has 6 nitrogen and oxygen atoms in total. The lowest BCUT2D eigenvalue weighted by Crippen LogP contribution is -2.30. The molecule has 0 bridgehead atoms. The number of hydrogen-bond acceptors (Lipinski definition) is 6. The largest absolute Gasteiger partial charge is 0.462 e. The van der Waals surface area contributed by atoms with Gasteiger partial charge in [0.05, 0.1) is 0 Å². The maximum absolute atomic E-state index is 12.8. The van der Waals surface area contributed by atoms with E-state index in [0.717, 1.165) is 57.8 Å². The molecule has 0 aromatic heterocycles. The standard InChI is InChI=1S/C58H108O6/c1-4-7-10-13-16-19-21-23-25-27-29-31-32-34-36-39-42-45-48-51-57(60)63-54-55(53-62-56(59)50-47-44-41-38-18-15-12-9-6-3)64-58(61)52-49-46-43-40-37-35-33-30-28-26-24-22-20-17-14-11-8-5-2/h23,25-26,28,55H,4-22,24,27,29-54H2,1-3H3/b25-23-,28-26-. The highest BCUT2D eigenvalue weighted by Gasteiger charge is 2.19. The molecule has 0 aliphatic rings. The van der Waals surface area contributed by atoms with Gasteiger partial charge in [-0.3, -0.25) is 14.4 Å². The number of esters is 3. The molecule has 1 atom stereocenters. The second-order valence-corrected chi connectivity index (χ2v) is 19.2. The average molecular weight is 901 g/mol. The summed E-state index contributed by atoms with van der Waals surface area (Å²) in [7, 11) is 0. The Kier molecular flexibility index (Phi) is 51.7. The molecule has 376 valence electrons. The zero-order chi connectivity index (χ0) is 46.5. The van der Waals surface area contributed by atoms with Crippen molar-refractivity contribution in [2.24, 2.45) is 0 Å². The summed E-state index contributed by atoms with van der Waals surface area (Å²) in [5.74, 6) is -0.862. The van der Waals surface area contributed by atoms with Crippen molar-refractivity contribution in [3.05, 3.63) is 24.3 Å². The third-order valence-electron chi connectivity index (χ3n) is 12.7. The van der Waals surface area contributed by atoms with Gasteiger partial charge in [0.25, 0.3) is 0 Å². The lowest BCUT2D eigenvalue weighted by Gasteiger charge is -2.18. The van der Waals surface area contributed by atoms with Crippen LogP contribution in [0, 0.1) is 0 Å². The highest BCUT2D eigenvalue weighted by Crippen LogP contribution is 2.16. The number of allylic oxidation sites excluding steroid dienone is 4. The summed E-state index contributed by atoms with van der Waals surface area (Å²) in [5, 5.41) is 0. The fraction of sp³-hybridized carbons (Fsp3) is 0.879. The molecule has 64 heavy (non-hydrogen) atoms. The highest BCUT2D eigenvalue weighted by molar-refractivity contribution is 5.71. The minimum Gasteiger partial charge on any atom is -0.462 e. The van der Waals surface area contributed by atoms with Gasteiger partial charge in [-0.1, -0.05) is 244 Å². The van der Waals surface area contributed by atoms with Gasteiger partial charge in [-0.2, -0.15) is 0 Å². The molecular weight excluding hydrogens is 793 g/mol. The Bertz CT molecular complexity index is 1040. The summed E-state index contributed by atoms with van der Waals surface area (Å²) in [6.07, 6.45) is 61.7. The quantitative estimate of drug-likeness (QED) is 0.0262. The minimum absolute atomic E-state index is 0.0699. The van der Waals surface area contributed by atoms with Crippen molar-refractivity contribution in [1.82, 2.24) is 0 Å². The topological polar surface area (TPSA) is 78.9 Å². The molecule has 0 saturated heterocycles. The van der Waals surface area contributed by atoms with Crippen molar-refractivity contribution in [1.29, 1.82) is 0 Å². The third-order valence-corrected chi connectivity index (χ3v) is 12.7. The van der Waals surface area contributed by atoms with Crippen LogP contribution in [-0.4, -0.2) is 37.2 Å². The summed E-state index contributed by atoms with van der Waals surface area (Å²) in [6, 6.07) is 0. The number of unbranched alkanes of at least 4 members (excludes halogenated alkanes) is 37. The summed E-state index contributed by atoms with van der Waals surface area (Å²) in [5.41, 5.74) is 0. The van der Waals surface area contributed by atoms with Gasteiger partial charge in [-0.15, -0.1) is 0 Å². The van der Waals surface area contributed by atoms with E-state index in [1.807, 2.05) is 0 Å². The second-order valence-electron chi connectivity index (χ2n) is 19.2. The van der Waals surface area contributed by atoms with Gasteiger partial charge < -0.3 is 14.2 Å². The van der Waals surface area contributed by atoms with Gasteiger partial charge in [0.1, 0.15) is 13.2 Å². The van der Waals surface area contributed by atoms with Crippen molar-refractivity contribution in [2.75, 3.05) is 13.2 Å². The molecule has 0 aliphatic heterocycles. The molecule has 0 spiro atoms. The van der Waals surface area contributed by atoms with E-state index in [2.05, 4.69) is 45.1 Å². The van der Waals surface area contributed by atoms with E-state index in [9.17, 15) is 14.4 Å². The van der Waals surface area contributed by atoms with Gasteiger partial charge in [0.2, 0.25) is 0 Å². The maximum Gasteiger partial charge on any atom is 0.306 e. The smallest absolute Gasteiger partial charge is 0.306 e. The van der Waals surface area contributed by atoms with Crippen molar-refractivity contribution >= 4 is 17.9 Å². The van der Waals surface area contributed by atoms with Gasteiger partial charge in [0.15, 0.2) is 6.10 Å². The van der Waals surface area contributed by atoms with Gasteiger partial charge in [-0.05, 0) is 70.6 Å². The Morgan fingerprint density at radius 1 is 0.297 bits per heavy atom. The molecule has 0 aliphatic carbocycles. The predicted molar refractivity (Wildman–Crippen MR) is 275 cm³/mol. The van der Waals surface area contributed by atoms with Crippen LogP contribution in [0.1, 0.15) is 310 Å². The first-order valence-electron chi connectivity index (χ1n) is 28.3. The Hall–Kier alpha value is -2.11. The normalized spacial score (nSPS) is 12.1. The first-order valence-corrected chi connectivity index (χ1v) is 28.3. The SMILES string of the molecule is CCCCCCCC/C=C\CCCCCCCCCCCC(=O)OCC(COC(=O)CCCCCCCCCCC)OC(=O)CCCCCCCCC/C=C\CCCCCCCCC. The summed E-state index contributed by atoms with van der Waals surface area (Å²) in [6.45, 7) is 6.65. The van der Waals surface area contributed by atoms with E-state index in [4.69, 9.17) is 14.2 Å². The Balaban J connectivity index is 4.25. The van der Waals surface area contributed by atoms with Crippen LogP contribution in [0.5, 0.6) is 0 Å². The van der Waals surface area contributed by atoms with Crippen LogP contribution in [0.15, 0.2) is 24.3 Å². The first-order chi connectivity index (χ1) is 31.5. The zero-order valence-corrected chi connectivity index (χ0v) is 43.1. The molecule has 0 amide bonds. The second kappa shape index (κ2) is 53.5. The zero-order valence-electron chi connectivity index (χ0n) is 43.1. The molecule has 0 N–H and O–H groups in total. The van der Waals surface area contributed by atoms with E-state index >= 15 is 0 Å². The Morgan fingerprint density at radius 3 is 0.781 bits per heavy atom. The molecule has 1 unspecified atom stereocenters. The number of carbonyl (C=O) groups excluding carboxylic acids is 3. The number of hydrogen-bond donors (Lipinski definition) is 0. The van der Waals surface area contributed by atoms with E-state index in [0.29, 0.717) is 19.3 Å². The minimum atomic E-state index is -0.769. The third kappa shape index (κ3) is 50.9. The lowest BCUT2D eigenvalue weighted by atomic mass is 10.1. The van der Waals surface area contributed by atoms with Crippen LogP contribution < -0.4 is 0 Å². The summed E-state index contributed by atoms with van der Waals surface area (Å²) < 4.78 is 16.8. The highest BCUT2D eigenvalue weighted by atomic mass is 16.6. The predicted octanol–water partition coefficient (Wildman–Crippen LogP) is 18.7. The maximum atomic E-state index is 12.8. The van der Waals surface area contributed by atoms with E-state index in [-0.39, 0.29) is 31.1 Å². The Morgan fingerprint density at radius 2 is 0.516 bits per heavy atom. The van der Waals surface area contributed by atoms with Crippen molar-refractivity contribution < 1.29 is 28.6 Å². The molecule has 0 aromatic rings.